The van der Waals surface area contributed by atoms with Gasteiger partial charge in [0.15, 0.2) is 12.3 Å². The lowest BCUT2D eigenvalue weighted by Gasteiger charge is -2.05. The maximum atomic E-state index is 11.1. The second kappa shape index (κ2) is 2.19. The van der Waals surface area contributed by atoms with E-state index >= 15 is 0 Å². The first-order valence-electron chi connectivity index (χ1n) is 3.78. The molecular formula is C8H10NO2+. The largest absolute Gasteiger partial charge is 0.597 e. The standard InChI is InChI=1S/C8H10NO2/c1-6-7-4-2-3-5-9(7)8(10)11-6/h2-3,5-7H,4H2,1H3/q+1. The number of carbonyl (C=O) groups is 1. The fourth-order valence-electron chi connectivity index (χ4n) is 1.51. The van der Waals surface area contributed by atoms with E-state index in [4.69, 9.17) is 4.74 Å². The van der Waals surface area contributed by atoms with E-state index in [1.807, 2.05) is 13.0 Å². The number of hydrogen-bond donors (Lipinski definition) is 0. The Labute approximate surface area is 65.0 Å². The lowest BCUT2D eigenvalue weighted by Crippen LogP contribution is -2.29. The Kier molecular flexibility index (Phi) is 1.31. The fourth-order valence-corrected chi connectivity index (χ4v) is 1.51. The first-order chi connectivity index (χ1) is 5.29. The first kappa shape index (κ1) is 6.58. The monoisotopic (exact) mass is 152 g/mol. The molecule has 2 atom stereocenters. The Morgan fingerprint density at radius 3 is 3.27 bits per heavy atom. The number of hydrogen-bond acceptors (Lipinski definition) is 2. The van der Waals surface area contributed by atoms with Gasteiger partial charge in [0, 0.05) is 6.42 Å². The molecule has 0 aromatic carbocycles. The maximum Gasteiger partial charge on any atom is 0.597 e. The molecule has 0 aromatic rings. The van der Waals surface area contributed by atoms with E-state index in [0.29, 0.717) is 0 Å². The van der Waals surface area contributed by atoms with Crippen LogP contribution in [0.2, 0.25) is 0 Å². The SMILES string of the molecule is CC1OC(=O)[N+]2=CC=CCC12. The molecular weight excluding hydrogens is 142 g/mol. The lowest BCUT2D eigenvalue weighted by molar-refractivity contribution is -0.453. The van der Waals surface area contributed by atoms with Crippen molar-refractivity contribution in [3.63, 3.8) is 0 Å². The van der Waals surface area contributed by atoms with Crippen LogP contribution in [0.5, 0.6) is 0 Å². The molecule has 0 radical (unpaired) electrons. The van der Waals surface area contributed by atoms with Gasteiger partial charge in [-0.1, -0.05) is 6.08 Å². The molecule has 2 aliphatic heterocycles. The second-order valence-corrected chi connectivity index (χ2v) is 2.88. The van der Waals surface area contributed by atoms with E-state index in [1.165, 1.54) is 0 Å². The first-order valence-corrected chi connectivity index (χ1v) is 3.78. The van der Waals surface area contributed by atoms with Gasteiger partial charge >= 0.3 is 6.09 Å². The minimum atomic E-state index is -0.216. The number of amides is 1. The van der Waals surface area contributed by atoms with Crippen molar-refractivity contribution < 1.29 is 14.1 Å². The third-order valence-electron chi connectivity index (χ3n) is 2.16. The van der Waals surface area contributed by atoms with Crippen molar-refractivity contribution in [2.45, 2.75) is 25.5 Å². The molecule has 2 rings (SSSR count). The average Bonchev–Trinajstić information content (AvgIpc) is 2.30. The van der Waals surface area contributed by atoms with E-state index in [9.17, 15) is 4.79 Å². The van der Waals surface area contributed by atoms with Gasteiger partial charge in [-0.25, -0.2) is 0 Å². The minimum Gasteiger partial charge on any atom is -0.402 e. The quantitative estimate of drug-likeness (QED) is 0.483. The van der Waals surface area contributed by atoms with Crippen LogP contribution in [-0.2, 0) is 4.74 Å². The highest BCUT2D eigenvalue weighted by atomic mass is 16.6. The Balaban J connectivity index is 2.34. The van der Waals surface area contributed by atoms with Crippen LogP contribution >= 0.6 is 0 Å². The van der Waals surface area contributed by atoms with E-state index in [-0.39, 0.29) is 18.2 Å². The predicted octanol–water partition coefficient (Wildman–Crippen LogP) is 0.937. The van der Waals surface area contributed by atoms with E-state index in [1.54, 1.807) is 10.8 Å². The Hall–Kier alpha value is -1.12. The number of cyclic esters (lactones) is 1. The molecule has 1 fully saturated rings. The number of carbonyl (C=O) groups excluding carboxylic acids is 1. The van der Waals surface area contributed by atoms with Crippen molar-refractivity contribution in [2.75, 3.05) is 0 Å². The summed E-state index contributed by atoms with van der Waals surface area (Å²) in [5.41, 5.74) is 0. The van der Waals surface area contributed by atoms with Crippen LogP contribution < -0.4 is 0 Å². The van der Waals surface area contributed by atoms with Crippen LogP contribution in [0.3, 0.4) is 0 Å². The van der Waals surface area contributed by atoms with Gasteiger partial charge in [-0.15, -0.1) is 4.58 Å². The van der Waals surface area contributed by atoms with Gasteiger partial charge in [0.1, 0.15) is 0 Å². The Morgan fingerprint density at radius 1 is 1.73 bits per heavy atom. The van der Waals surface area contributed by atoms with Crippen LogP contribution in [0.4, 0.5) is 4.79 Å². The van der Waals surface area contributed by atoms with E-state index in [2.05, 4.69) is 6.08 Å². The average molecular weight is 152 g/mol. The van der Waals surface area contributed by atoms with Gasteiger partial charge in [-0.2, -0.15) is 4.79 Å². The molecule has 0 bridgehead atoms. The van der Waals surface area contributed by atoms with Crippen molar-refractivity contribution in [1.29, 1.82) is 0 Å². The summed E-state index contributed by atoms with van der Waals surface area (Å²) in [7, 11) is 0. The van der Waals surface area contributed by atoms with Crippen LogP contribution in [0.15, 0.2) is 12.2 Å². The zero-order valence-corrected chi connectivity index (χ0v) is 6.36. The van der Waals surface area contributed by atoms with Crippen molar-refractivity contribution in [3.05, 3.63) is 12.2 Å². The molecule has 0 saturated carbocycles. The van der Waals surface area contributed by atoms with Gasteiger partial charge in [0.25, 0.3) is 0 Å². The molecule has 3 heteroatoms. The summed E-state index contributed by atoms with van der Waals surface area (Å²) < 4.78 is 6.68. The summed E-state index contributed by atoms with van der Waals surface area (Å²) in [5, 5.41) is 0. The molecule has 2 heterocycles. The summed E-state index contributed by atoms with van der Waals surface area (Å²) in [5.74, 6) is 0. The van der Waals surface area contributed by atoms with Crippen molar-refractivity contribution in [2.24, 2.45) is 0 Å². The third-order valence-corrected chi connectivity index (χ3v) is 2.16. The number of ether oxygens (including phenoxy) is 1. The lowest BCUT2D eigenvalue weighted by atomic mass is 10.1. The number of allylic oxidation sites excluding steroid dienone is 1. The van der Waals surface area contributed by atoms with E-state index in [0.717, 1.165) is 6.42 Å². The van der Waals surface area contributed by atoms with E-state index < -0.39 is 0 Å². The van der Waals surface area contributed by atoms with Crippen molar-refractivity contribution in [1.82, 2.24) is 0 Å². The normalized spacial score (nSPS) is 34.6. The molecule has 3 nitrogen and oxygen atoms in total. The summed E-state index contributed by atoms with van der Waals surface area (Å²) >= 11 is 0. The van der Waals surface area contributed by atoms with Crippen LogP contribution in [0.1, 0.15) is 13.3 Å². The van der Waals surface area contributed by atoms with Crippen molar-refractivity contribution >= 4 is 12.3 Å². The molecule has 0 aliphatic carbocycles. The summed E-state index contributed by atoms with van der Waals surface area (Å²) in [4.78, 5) is 11.1. The van der Waals surface area contributed by atoms with Crippen LogP contribution in [-0.4, -0.2) is 29.0 Å². The number of fused-ring (bicyclic) bond motifs is 1. The molecule has 0 N–H and O–H groups in total. The smallest absolute Gasteiger partial charge is 0.402 e. The number of rotatable bonds is 0. The number of nitrogens with zero attached hydrogens (tertiary/aromatic N) is 1. The molecule has 0 aromatic heterocycles. The topological polar surface area (TPSA) is 29.3 Å². The van der Waals surface area contributed by atoms with Gasteiger partial charge in [-0.05, 0) is 13.0 Å². The van der Waals surface area contributed by atoms with Gasteiger partial charge in [-0.3, -0.25) is 0 Å². The molecule has 1 saturated heterocycles. The molecule has 58 valence electrons. The zero-order valence-electron chi connectivity index (χ0n) is 6.36. The zero-order chi connectivity index (χ0) is 7.84. The van der Waals surface area contributed by atoms with Gasteiger partial charge in [0.2, 0.25) is 6.04 Å². The molecule has 0 spiro atoms. The fraction of sp³-hybridized carbons (Fsp3) is 0.500. The highest BCUT2D eigenvalue weighted by Gasteiger charge is 2.44. The van der Waals surface area contributed by atoms with Gasteiger partial charge < -0.3 is 4.74 Å². The molecule has 1 amide bonds. The van der Waals surface area contributed by atoms with Crippen molar-refractivity contribution in [3.8, 4) is 0 Å². The molecule has 2 aliphatic rings. The summed E-state index contributed by atoms with van der Waals surface area (Å²) in [6.07, 6.45) is 6.44. The predicted molar refractivity (Wildman–Crippen MR) is 39.8 cm³/mol. The van der Waals surface area contributed by atoms with Gasteiger partial charge in [0.05, 0.1) is 0 Å². The maximum absolute atomic E-state index is 11.1. The van der Waals surface area contributed by atoms with Crippen LogP contribution in [0, 0.1) is 0 Å². The Bertz CT molecular complexity index is 255. The van der Waals surface area contributed by atoms with Crippen LogP contribution in [0.25, 0.3) is 0 Å². The molecule has 11 heavy (non-hydrogen) atoms. The summed E-state index contributed by atoms with van der Waals surface area (Å²) in [6.45, 7) is 1.93. The highest BCUT2D eigenvalue weighted by Crippen LogP contribution is 2.19. The Morgan fingerprint density at radius 2 is 2.55 bits per heavy atom. The summed E-state index contributed by atoms with van der Waals surface area (Å²) in [6, 6.07) is 0.229. The minimum absolute atomic E-state index is 0.0312. The highest BCUT2D eigenvalue weighted by molar-refractivity contribution is 5.75. The molecule has 2 unspecified atom stereocenters. The second-order valence-electron chi connectivity index (χ2n) is 2.88. The third kappa shape index (κ3) is 0.878.